The van der Waals surface area contributed by atoms with Crippen molar-refractivity contribution in [3.05, 3.63) is 20.8 Å². The summed E-state index contributed by atoms with van der Waals surface area (Å²) < 4.78 is 1.35. The van der Waals surface area contributed by atoms with Crippen molar-refractivity contribution in [3.8, 4) is 0 Å². The number of nitrogens with zero attached hydrogens (tertiary/aromatic N) is 3. The van der Waals surface area contributed by atoms with Gasteiger partial charge in [-0.2, -0.15) is 0 Å². The second-order valence-corrected chi connectivity index (χ2v) is 9.54. The molecule has 1 aromatic heterocycles. The molecule has 0 aliphatic carbocycles. The number of piperidine rings is 1. The molecule has 3 N–H and O–H groups in total. The lowest BCUT2D eigenvalue weighted by Gasteiger charge is -2.36. The van der Waals surface area contributed by atoms with Gasteiger partial charge in [-0.15, -0.1) is 0 Å². The van der Waals surface area contributed by atoms with Gasteiger partial charge in [-0.3, -0.25) is 24.0 Å². The number of aromatic amines is 1. The van der Waals surface area contributed by atoms with E-state index in [1.54, 1.807) is 0 Å². The van der Waals surface area contributed by atoms with Gasteiger partial charge in [-0.1, -0.05) is 41.5 Å². The van der Waals surface area contributed by atoms with Crippen LogP contribution in [0.1, 0.15) is 48.0 Å². The molecular formula is C21H37N5O3. The minimum atomic E-state index is -0.609. The Morgan fingerprint density at radius 2 is 1.72 bits per heavy atom. The smallest absolute Gasteiger partial charge is 0.330 e. The summed E-state index contributed by atoms with van der Waals surface area (Å²) >= 11 is 0. The van der Waals surface area contributed by atoms with E-state index in [0.29, 0.717) is 24.9 Å². The average molecular weight is 408 g/mol. The molecule has 1 amide bonds. The molecule has 0 bridgehead atoms. The number of amides is 1. The number of H-pyrrole nitrogens is 1. The monoisotopic (exact) mass is 407 g/mol. The van der Waals surface area contributed by atoms with Gasteiger partial charge in [0.15, 0.2) is 5.69 Å². The van der Waals surface area contributed by atoms with Crippen molar-refractivity contribution >= 4 is 17.4 Å². The van der Waals surface area contributed by atoms with E-state index in [9.17, 15) is 14.4 Å². The fraction of sp³-hybridized carbons (Fsp3) is 0.762. The highest BCUT2D eigenvalue weighted by atomic mass is 16.2. The summed E-state index contributed by atoms with van der Waals surface area (Å²) in [4.78, 5) is 44.2. The molecule has 8 heteroatoms. The van der Waals surface area contributed by atoms with E-state index in [4.69, 9.17) is 5.73 Å². The molecule has 2 rings (SSSR count). The first-order chi connectivity index (χ1) is 13.5. The van der Waals surface area contributed by atoms with Crippen LogP contribution >= 0.6 is 0 Å². The first-order valence-electron chi connectivity index (χ1n) is 10.6. The molecule has 164 valence electrons. The molecule has 29 heavy (non-hydrogen) atoms. The lowest BCUT2D eigenvalue weighted by Crippen LogP contribution is -2.49. The van der Waals surface area contributed by atoms with E-state index in [1.807, 2.05) is 27.7 Å². The molecule has 0 radical (unpaired) electrons. The van der Waals surface area contributed by atoms with Gasteiger partial charge < -0.3 is 10.6 Å². The second-order valence-electron chi connectivity index (χ2n) is 9.54. The summed E-state index contributed by atoms with van der Waals surface area (Å²) in [5.41, 5.74) is 5.20. The summed E-state index contributed by atoms with van der Waals surface area (Å²) in [6.07, 6.45) is 1.16. The van der Waals surface area contributed by atoms with E-state index in [2.05, 4.69) is 23.7 Å². The number of carbonyl (C=O) groups excluding carboxylic acids is 1. The topological polar surface area (TPSA) is 104 Å². The third kappa shape index (κ3) is 5.95. The zero-order valence-corrected chi connectivity index (χ0v) is 18.7. The first kappa shape index (κ1) is 23.2. The van der Waals surface area contributed by atoms with E-state index in [1.165, 1.54) is 9.47 Å². The number of hydrogen-bond donors (Lipinski definition) is 2. The van der Waals surface area contributed by atoms with Crippen LogP contribution in [0.3, 0.4) is 0 Å². The van der Waals surface area contributed by atoms with Crippen LogP contribution in [0, 0.1) is 23.7 Å². The van der Waals surface area contributed by atoms with Crippen molar-refractivity contribution in [1.82, 2.24) is 14.5 Å². The highest BCUT2D eigenvalue weighted by Crippen LogP contribution is 2.23. The average Bonchev–Trinajstić information content (AvgIpc) is 2.56. The number of rotatable bonds is 7. The molecule has 0 spiro atoms. The van der Waals surface area contributed by atoms with Crippen LogP contribution in [-0.2, 0) is 11.3 Å². The van der Waals surface area contributed by atoms with Gasteiger partial charge in [-0.25, -0.2) is 4.79 Å². The summed E-state index contributed by atoms with van der Waals surface area (Å²) in [5.74, 6) is 1.27. The van der Waals surface area contributed by atoms with Crippen LogP contribution in [0.25, 0.3) is 0 Å². The van der Waals surface area contributed by atoms with Crippen molar-refractivity contribution in [2.45, 2.75) is 54.5 Å². The number of nitrogens with two attached hydrogens (primary N) is 1. The number of carbonyl (C=O) groups is 1. The van der Waals surface area contributed by atoms with E-state index in [-0.39, 0.29) is 35.8 Å². The number of nitrogen functional groups attached to an aromatic ring is 1. The van der Waals surface area contributed by atoms with Crippen LogP contribution in [-0.4, -0.2) is 46.5 Å². The quantitative estimate of drug-likeness (QED) is 0.716. The fourth-order valence-electron chi connectivity index (χ4n) is 4.27. The fourth-order valence-corrected chi connectivity index (χ4v) is 4.27. The standard InChI is InChI=1S/C21H37N5O3/c1-13(2)8-25(17(27)12-24-10-15(5)7-16(6)11-24)18-19(22)26(9-14(3)4)21(29)23-20(18)28/h13-16H,7-12,22H2,1-6H3,(H,23,28,29). The summed E-state index contributed by atoms with van der Waals surface area (Å²) in [7, 11) is 0. The Labute approximate surface area is 173 Å². The van der Waals surface area contributed by atoms with Crippen LogP contribution in [0.5, 0.6) is 0 Å². The van der Waals surface area contributed by atoms with Crippen LogP contribution in [0.4, 0.5) is 11.5 Å². The molecule has 2 atom stereocenters. The molecule has 1 aliphatic rings. The number of aromatic nitrogens is 2. The number of hydrogen-bond acceptors (Lipinski definition) is 5. The lowest BCUT2D eigenvalue weighted by molar-refractivity contribution is -0.120. The van der Waals surface area contributed by atoms with E-state index < -0.39 is 11.2 Å². The van der Waals surface area contributed by atoms with Gasteiger partial charge in [0.1, 0.15) is 5.82 Å². The highest BCUT2D eigenvalue weighted by molar-refractivity contribution is 5.96. The summed E-state index contributed by atoms with van der Waals surface area (Å²) in [6.45, 7) is 15.0. The maximum Gasteiger partial charge on any atom is 0.330 e. The SMILES string of the molecule is CC(C)CN(C(=O)CN1CC(C)CC(C)C1)c1c(N)n(CC(C)C)c(=O)[nH]c1=O. The molecule has 1 aliphatic heterocycles. The van der Waals surface area contributed by atoms with E-state index in [0.717, 1.165) is 19.5 Å². The zero-order chi connectivity index (χ0) is 21.9. The van der Waals surface area contributed by atoms with Crippen molar-refractivity contribution in [3.63, 3.8) is 0 Å². The predicted molar refractivity (Wildman–Crippen MR) is 117 cm³/mol. The minimum absolute atomic E-state index is 0.0573. The van der Waals surface area contributed by atoms with Gasteiger partial charge >= 0.3 is 5.69 Å². The Bertz CT molecular complexity index is 817. The maximum atomic E-state index is 13.3. The third-order valence-electron chi connectivity index (χ3n) is 5.18. The lowest BCUT2D eigenvalue weighted by atomic mass is 9.92. The molecule has 0 saturated carbocycles. The molecule has 2 heterocycles. The van der Waals surface area contributed by atoms with Gasteiger partial charge in [-0.05, 0) is 30.1 Å². The molecule has 1 aromatic rings. The first-order valence-corrected chi connectivity index (χ1v) is 10.6. The largest absolute Gasteiger partial charge is 0.383 e. The van der Waals surface area contributed by atoms with Gasteiger partial charge in [0, 0.05) is 26.2 Å². The minimum Gasteiger partial charge on any atom is -0.383 e. The molecule has 1 fully saturated rings. The Balaban J connectivity index is 2.40. The Hall–Kier alpha value is -2.09. The van der Waals surface area contributed by atoms with Crippen molar-refractivity contribution in [2.75, 3.05) is 36.8 Å². The van der Waals surface area contributed by atoms with Gasteiger partial charge in [0.2, 0.25) is 5.91 Å². The van der Waals surface area contributed by atoms with Crippen LogP contribution in [0.15, 0.2) is 9.59 Å². The second kappa shape index (κ2) is 9.61. The van der Waals surface area contributed by atoms with Crippen molar-refractivity contribution in [1.29, 1.82) is 0 Å². The number of likely N-dealkylation sites (tertiary alicyclic amines) is 1. The number of nitrogens with one attached hydrogen (secondary N) is 1. The Morgan fingerprint density at radius 3 is 2.24 bits per heavy atom. The Kier molecular flexibility index (Phi) is 7.68. The third-order valence-corrected chi connectivity index (χ3v) is 5.18. The Morgan fingerprint density at radius 1 is 1.14 bits per heavy atom. The van der Waals surface area contributed by atoms with Crippen molar-refractivity contribution < 1.29 is 4.79 Å². The van der Waals surface area contributed by atoms with Crippen LogP contribution in [0.2, 0.25) is 0 Å². The molecule has 2 unspecified atom stereocenters. The van der Waals surface area contributed by atoms with Crippen LogP contribution < -0.4 is 21.9 Å². The number of anilines is 2. The normalized spacial score (nSPS) is 20.4. The maximum absolute atomic E-state index is 13.3. The summed E-state index contributed by atoms with van der Waals surface area (Å²) in [6, 6.07) is 0. The predicted octanol–water partition coefficient (Wildman–Crippen LogP) is 1.74. The van der Waals surface area contributed by atoms with E-state index >= 15 is 0 Å². The van der Waals surface area contributed by atoms with Gasteiger partial charge in [0.05, 0.1) is 6.54 Å². The molecule has 0 aromatic carbocycles. The molecule has 8 nitrogen and oxygen atoms in total. The summed E-state index contributed by atoms with van der Waals surface area (Å²) in [5, 5.41) is 0. The molecule has 1 saturated heterocycles. The molecular weight excluding hydrogens is 370 g/mol. The van der Waals surface area contributed by atoms with Crippen molar-refractivity contribution in [2.24, 2.45) is 23.7 Å². The highest BCUT2D eigenvalue weighted by Gasteiger charge is 2.29. The van der Waals surface area contributed by atoms with Gasteiger partial charge in [0.25, 0.3) is 5.56 Å². The zero-order valence-electron chi connectivity index (χ0n) is 18.7.